The highest BCUT2D eigenvalue weighted by Crippen LogP contribution is 2.41. The van der Waals surface area contributed by atoms with Crippen LogP contribution in [0.5, 0.6) is 0 Å². The van der Waals surface area contributed by atoms with Crippen molar-refractivity contribution in [2.24, 2.45) is 0 Å². The van der Waals surface area contributed by atoms with Crippen molar-refractivity contribution in [1.29, 1.82) is 0 Å². The Morgan fingerprint density at radius 2 is 1.84 bits per heavy atom. The van der Waals surface area contributed by atoms with Crippen molar-refractivity contribution < 1.29 is 0 Å². The molecule has 25 heavy (non-hydrogen) atoms. The van der Waals surface area contributed by atoms with Crippen LogP contribution < -0.4 is 4.90 Å². The van der Waals surface area contributed by atoms with Crippen molar-refractivity contribution in [3.63, 3.8) is 0 Å². The summed E-state index contributed by atoms with van der Waals surface area (Å²) in [5.74, 6) is 1.99. The number of hydrogen-bond donors (Lipinski definition) is 0. The minimum absolute atomic E-state index is 0.819. The maximum atomic E-state index is 5.06. The molecule has 0 bridgehead atoms. The van der Waals surface area contributed by atoms with Crippen LogP contribution in [0.2, 0.25) is 0 Å². The van der Waals surface area contributed by atoms with Gasteiger partial charge in [-0.1, -0.05) is 0 Å². The zero-order valence-corrected chi connectivity index (χ0v) is 15.2. The van der Waals surface area contributed by atoms with Crippen LogP contribution in [0, 0.1) is 0 Å². The molecule has 128 valence electrons. The summed E-state index contributed by atoms with van der Waals surface area (Å²) >= 11 is 1.89. The van der Waals surface area contributed by atoms with Gasteiger partial charge < -0.3 is 4.90 Å². The fraction of sp³-hybridized carbons (Fsp3) is 0.450. The molecular weight excluding hydrogens is 328 g/mol. The molecule has 0 N–H and O–H groups in total. The number of aryl methyl sites for hydroxylation is 2. The summed E-state index contributed by atoms with van der Waals surface area (Å²) in [6, 6.07) is 4.02. The van der Waals surface area contributed by atoms with Crippen molar-refractivity contribution in [2.75, 3.05) is 18.0 Å². The highest BCUT2D eigenvalue weighted by molar-refractivity contribution is 7.19. The molecule has 3 aromatic heterocycles. The molecule has 2 aliphatic rings. The zero-order chi connectivity index (χ0) is 16.6. The van der Waals surface area contributed by atoms with Crippen LogP contribution in [0.4, 0.5) is 5.82 Å². The smallest absolute Gasteiger partial charge is 0.164 e. The van der Waals surface area contributed by atoms with E-state index in [0.717, 1.165) is 24.5 Å². The van der Waals surface area contributed by atoms with Crippen molar-refractivity contribution in [2.45, 2.75) is 44.9 Å². The topological polar surface area (TPSA) is 41.9 Å². The lowest BCUT2D eigenvalue weighted by molar-refractivity contribution is 0.574. The van der Waals surface area contributed by atoms with Gasteiger partial charge in [0.15, 0.2) is 5.82 Å². The lowest BCUT2D eigenvalue weighted by atomic mass is 9.96. The van der Waals surface area contributed by atoms with Crippen molar-refractivity contribution >= 4 is 27.4 Å². The SMILES string of the molecule is c1cncc(-c2nc(N3CCCCC3)c3c4c(sc3n2)CCCC4)c1. The molecule has 1 aliphatic carbocycles. The second-order valence-corrected chi connectivity index (χ2v) is 8.13. The third kappa shape index (κ3) is 2.71. The summed E-state index contributed by atoms with van der Waals surface area (Å²) < 4.78 is 0. The van der Waals surface area contributed by atoms with Crippen LogP contribution in [0.1, 0.15) is 42.5 Å². The normalized spacial score (nSPS) is 17.7. The summed E-state index contributed by atoms with van der Waals surface area (Å²) in [6.45, 7) is 2.23. The van der Waals surface area contributed by atoms with E-state index in [0.29, 0.717) is 0 Å². The number of rotatable bonds is 2. The highest BCUT2D eigenvalue weighted by Gasteiger charge is 2.24. The van der Waals surface area contributed by atoms with Gasteiger partial charge in [0.1, 0.15) is 10.6 Å². The fourth-order valence-corrected chi connectivity index (χ4v) is 5.35. The minimum atomic E-state index is 0.819. The maximum Gasteiger partial charge on any atom is 0.164 e. The van der Waals surface area contributed by atoms with Crippen molar-refractivity contribution in [3.8, 4) is 11.4 Å². The Bertz CT molecular complexity index is 897. The van der Waals surface area contributed by atoms with Crippen LogP contribution in [-0.2, 0) is 12.8 Å². The molecule has 1 aliphatic heterocycles. The Hall–Kier alpha value is -2.01. The molecule has 4 nitrogen and oxygen atoms in total. The van der Waals surface area contributed by atoms with Gasteiger partial charge in [-0.15, -0.1) is 11.3 Å². The Kier molecular flexibility index (Phi) is 3.89. The lowest BCUT2D eigenvalue weighted by Gasteiger charge is -2.29. The van der Waals surface area contributed by atoms with Gasteiger partial charge in [0, 0.05) is 35.9 Å². The molecule has 5 heteroatoms. The fourth-order valence-electron chi connectivity index (χ4n) is 4.10. The molecule has 0 unspecified atom stereocenters. The number of nitrogens with zero attached hydrogens (tertiary/aromatic N) is 4. The molecule has 4 heterocycles. The van der Waals surface area contributed by atoms with Crippen LogP contribution in [-0.4, -0.2) is 28.0 Å². The van der Waals surface area contributed by atoms with Crippen LogP contribution in [0.15, 0.2) is 24.5 Å². The first-order chi connectivity index (χ1) is 12.4. The highest BCUT2D eigenvalue weighted by atomic mass is 32.1. The van der Waals surface area contributed by atoms with E-state index in [1.165, 1.54) is 71.4 Å². The molecule has 0 amide bonds. The molecular formula is C20H22N4S. The van der Waals surface area contributed by atoms with Gasteiger partial charge in [-0.2, -0.15) is 0 Å². The minimum Gasteiger partial charge on any atom is -0.356 e. The number of pyridine rings is 1. The summed E-state index contributed by atoms with van der Waals surface area (Å²) in [5, 5.41) is 1.34. The number of piperidine rings is 1. The van der Waals surface area contributed by atoms with E-state index in [-0.39, 0.29) is 0 Å². The van der Waals surface area contributed by atoms with E-state index in [2.05, 4.69) is 16.0 Å². The van der Waals surface area contributed by atoms with E-state index >= 15 is 0 Å². The quantitative estimate of drug-likeness (QED) is 0.676. The molecule has 0 atom stereocenters. The van der Waals surface area contributed by atoms with E-state index in [4.69, 9.17) is 9.97 Å². The van der Waals surface area contributed by atoms with Crippen LogP contribution in [0.25, 0.3) is 21.6 Å². The number of hydrogen-bond acceptors (Lipinski definition) is 5. The van der Waals surface area contributed by atoms with Gasteiger partial charge >= 0.3 is 0 Å². The molecule has 0 spiro atoms. The van der Waals surface area contributed by atoms with Gasteiger partial charge in [-0.25, -0.2) is 9.97 Å². The van der Waals surface area contributed by atoms with Gasteiger partial charge in [0.05, 0.1) is 5.39 Å². The number of fused-ring (bicyclic) bond motifs is 3. The average molecular weight is 350 g/mol. The third-order valence-corrected chi connectivity index (χ3v) is 6.56. The predicted molar refractivity (Wildman–Crippen MR) is 103 cm³/mol. The summed E-state index contributed by atoms with van der Waals surface area (Å²) in [7, 11) is 0. The summed E-state index contributed by atoms with van der Waals surface area (Å²) in [6.07, 6.45) is 12.5. The number of aromatic nitrogens is 3. The largest absolute Gasteiger partial charge is 0.356 e. The molecule has 1 fully saturated rings. The molecule has 1 saturated heterocycles. The first-order valence-electron chi connectivity index (χ1n) is 9.38. The number of thiophene rings is 1. The Morgan fingerprint density at radius 3 is 2.68 bits per heavy atom. The Morgan fingerprint density at radius 1 is 0.960 bits per heavy atom. The number of anilines is 1. The molecule has 0 aromatic carbocycles. The first kappa shape index (κ1) is 15.3. The summed E-state index contributed by atoms with van der Waals surface area (Å²) in [4.78, 5) is 19.5. The Labute approximate surface area is 152 Å². The van der Waals surface area contributed by atoms with E-state index < -0.39 is 0 Å². The second-order valence-electron chi connectivity index (χ2n) is 7.05. The molecule has 5 rings (SSSR count). The maximum absolute atomic E-state index is 5.06. The van der Waals surface area contributed by atoms with Gasteiger partial charge in [-0.3, -0.25) is 4.98 Å². The van der Waals surface area contributed by atoms with E-state index in [1.807, 2.05) is 23.6 Å². The van der Waals surface area contributed by atoms with Gasteiger partial charge in [0.2, 0.25) is 0 Å². The van der Waals surface area contributed by atoms with E-state index in [9.17, 15) is 0 Å². The first-order valence-corrected chi connectivity index (χ1v) is 10.2. The summed E-state index contributed by atoms with van der Waals surface area (Å²) in [5.41, 5.74) is 2.54. The van der Waals surface area contributed by atoms with Crippen LogP contribution >= 0.6 is 11.3 Å². The van der Waals surface area contributed by atoms with Crippen LogP contribution in [0.3, 0.4) is 0 Å². The zero-order valence-electron chi connectivity index (χ0n) is 14.4. The van der Waals surface area contributed by atoms with Gasteiger partial charge in [0.25, 0.3) is 0 Å². The average Bonchev–Trinajstić information content (AvgIpc) is 3.07. The lowest BCUT2D eigenvalue weighted by Crippen LogP contribution is -2.30. The third-order valence-electron chi connectivity index (χ3n) is 5.37. The predicted octanol–water partition coefficient (Wildman–Crippen LogP) is 4.62. The standard InChI is InChI=1S/C20H22N4S/c1-4-11-24(12-5-1)19-17-15-8-2-3-9-16(15)25-20(17)23-18(22-19)14-7-6-10-21-13-14/h6-7,10,13H,1-5,8-9,11-12H2. The Balaban J connectivity index is 1.73. The molecule has 0 radical (unpaired) electrons. The second kappa shape index (κ2) is 6.37. The monoisotopic (exact) mass is 350 g/mol. The molecule has 3 aromatic rings. The van der Waals surface area contributed by atoms with Gasteiger partial charge in [-0.05, 0) is 62.6 Å². The molecule has 0 saturated carbocycles. The van der Waals surface area contributed by atoms with Crippen molar-refractivity contribution in [1.82, 2.24) is 15.0 Å². The van der Waals surface area contributed by atoms with Crippen molar-refractivity contribution in [3.05, 3.63) is 35.0 Å². The van der Waals surface area contributed by atoms with E-state index in [1.54, 1.807) is 6.20 Å².